The molecule has 1 N–H and O–H groups in total. The molecular weight excluding hydrogens is 234 g/mol. The summed E-state index contributed by atoms with van der Waals surface area (Å²) in [6, 6.07) is 2.63. The van der Waals surface area contributed by atoms with Crippen molar-refractivity contribution in [1.82, 2.24) is 0 Å². The molecule has 0 aliphatic rings. The van der Waals surface area contributed by atoms with Crippen LogP contribution in [0, 0.1) is 11.6 Å². The maximum absolute atomic E-state index is 12.8. The van der Waals surface area contributed by atoms with Crippen molar-refractivity contribution >= 4 is 11.8 Å². The number of aliphatic carboxylic acids is 1. The van der Waals surface area contributed by atoms with E-state index in [-0.39, 0.29) is 5.56 Å². The molecule has 92 valence electrons. The first kappa shape index (κ1) is 13.2. The third-order valence-electron chi connectivity index (χ3n) is 2.17. The summed E-state index contributed by atoms with van der Waals surface area (Å²) in [6.07, 6.45) is -1.73. The lowest BCUT2D eigenvalue weighted by Gasteiger charge is -2.09. The largest absolute Gasteiger partial charge is 0.479 e. The molecule has 4 nitrogen and oxygen atoms in total. The van der Waals surface area contributed by atoms with E-state index in [4.69, 9.17) is 5.11 Å². The summed E-state index contributed by atoms with van der Waals surface area (Å²) >= 11 is 0. The van der Waals surface area contributed by atoms with Gasteiger partial charge < -0.3 is 9.84 Å². The highest BCUT2D eigenvalue weighted by molar-refractivity contribution is 5.98. The van der Waals surface area contributed by atoms with Crippen LogP contribution >= 0.6 is 0 Å². The number of methoxy groups -OCH3 is 1. The Balaban J connectivity index is 2.82. The quantitative estimate of drug-likeness (QED) is 0.800. The first-order valence-electron chi connectivity index (χ1n) is 4.69. The van der Waals surface area contributed by atoms with Gasteiger partial charge in [0, 0.05) is 19.1 Å². The number of carboxylic acids is 1. The smallest absolute Gasteiger partial charge is 0.333 e. The van der Waals surface area contributed by atoms with E-state index in [2.05, 4.69) is 4.74 Å². The molecule has 0 fully saturated rings. The number of halogens is 2. The van der Waals surface area contributed by atoms with Gasteiger partial charge in [-0.2, -0.15) is 0 Å². The van der Waals surface area contributed by atoms with Crippen molar-refractivity contribution in [2.24, 2.45) is 0 Å². The van der Waals surface area contributed by atoms with E-state index >= 15 is 0 Å². The summed E-state index contributed by atoms with van der Waals surface area (Å²) in [5.74, 6) is -4.13. The highest BCUT2D eigenvalue weighted by atomic mass is 19.2. The van der Waals surface area contributed by atoms with Crippen LogP contribution in [-0.2, 0) is 9.53 Å². The van der Waals surface area contributed by atoms with E-state index in [1.54, 1.807) is 0 Å². The van der Waals surface area contributed by atoms with Gasteiger partial charge >= 0.3 is 5.97 Å². The Bertz CT molecular complexity index is 445. The minimum Gasteiger partial charge on any atom is -0.479 e. The molecule has 0 aliphatic heterocycles. The van der Waals surface area contributed by atoms with Gasteiger partial charge in [0.2, 0.25) is 0 Å². The van der Waals surface area contributed by atoms with Gasteiger partial charge in [-0.15, -0.1) is 0 Å². The maximum atomic E-state index is 12.8. The summed E-state index contributed by atoms with van der Waals surface area (Å²) < 4.78 is 30.0. The summed E-state index contributed by atoms with van der Waals surface area (Å²) in [5, 5.41) is 8.66. The molecule has 1 aromatic rings. The second-order valence-electron chi connectivity index (χ2n) is 3.32. The van der Waals surface area contributed by atoms with Crippen molar-refractivity contribution in [3.8, 4) is 0 Å². The van der Waals surface area contributed by atoms with Crippen molar-refractivity contribution in [2.75, 3.05) is 7.11 Å². The standard InChI is InChI=1S/C11H10F2O4/c1-17-10(11(15)16)5-9(14)6-2-3-7(12)8(13)4-6/h2-4,10H,5H2,1H3,(H,15,16)/t10-/m1/s1. The third-order valence-corrected chi connectivity index (χ3v) is 2.17. The number of ether oxygens (including phenoxy) is 1. The predicted molar refractivity (Wildman–Crippen MR) is 53.7 cm³/mol. The molecule has 0 aromatic heterocycles. The van der Waals surface area contributed by atoms with E-state index in [9.17, 15) is 18.4 Å². The number of hydrogen-bond acceptors (Lipinski definition) is 3. The molecule has 1 rings (SSSR count). The number of benzene rings is 1. The van der Waals surface area contributed by atoms with E-state index in [0.717, 1.165) is 25.3 Å². The lowest BCUT2D eigenvalue weighted by Crippen LogP contribution is -2.25. The van der Waals surface area contributed by atoms with Crippen LogP contribution in [-0.4, -0.2) is 30.1 Å². The first-order valence-corrected chi connectivity index (χ1v) is 4.69. The molecule has 0 radical (unpaired) electrons. The van der Waals surface area contributed by atoms with Gasteiger partial charge in [-0.3, -0.25) is 4.79 Å². The van der Waals surface area contributed by atoms with Gasteiger partial charge in [-0.25, -0.2) is 13.6 Å². The van der Waals surface area contributed by atoms with Crippen LogP contribution in [0.1, 0.15) is 16.8 Å². The molecule has 1 atom stereocenters. The van der Waals surface area contributed by atoms with Crippen molar-refractivity contribution < 1.29 is 28.2 Å². The third kappa shape index (κ3) is 3.32. The number of hydrogen-bond donors (Lipinski definition) is 1. The zero-order valence-corrected chi connectivity index (χ0v) is 8.94. The van der Waals surface area contributed by atoms with Gasteiger partial charge in [0.15, 0.2) is 23.5 Å². The molecule has 6 heteroatoms. The molecule has 0 amide bonds. The van der Waals surface area contributed by atoms with Crippen molar-refractivity contribution in [3.63, 3.8) is 0 Å². The SMILES string of the molecule is CO[C@H](CC(=O)c1ccc(F)c(F)c1)C(=O)O. The van der Waals surface area contributed by atoms with Crippen LogP contribution < -0.4 is 0 Å². The normalized spacial score (nSPS) is 12.2. The number of ketones is 1. The molecule has 0 heterocycles. The van der Waals surface area contributed by atoms with E-state index < -0.39 is 35.9 Å². The average molecular weight is 244 g/mol. The fourth-order valence-electron chi connectivity index (χ4n) is 1.23. The van der Waals surface area contributed by atoms with Gasteiger partial charge in [0.25, 0.3) is 0 Å². The Morgan fingerprint density at radius 3 is 2.47 bits per heavy atom. The second-order valence-corrected chi connectivity index (χ2v) is 3.32. The number of carboxylic acid groups (broad SMARTS) is 1. The van der Waals surface area contributed by atoms with Crippen LogP contribution in [0.15, 0.2) is 18.2 Å². The van der Waals surface area contributed by atoms with Gasteiger partial charge in [0.1, 0.15) is 0 Å². The monoisotopic (exact) mass is 244 g/mol. The molecular formula is C11H10F2O4. The number of carbonyl (C=O) groups is 2. The molecule has 0 unspecified atom stereocenters. The van der Waals surface area contributed by atoms with Crippen molar-refractivity contribution in [3.05, 3.63) is 35.4 Å². The van der Waals surface area contributed by atoms with Gasteiger partial charge in [0.05, 0.1) is 0 Å². The minimum atomic E-state index is -1.30. The first-order chi connectivity index (χ1) is 7.95. The van der Waals surface area contributed by atoms with Gasteiger partial charge in [-0.1, -0.05) is 0 Å². The summed E-state index contributed by atoms with van der Waals surface area (Å²) in [6.45, 7) is 0. The zero-order valence-electron chi connectivity index (χ0n) is 8.94. The predicted octanol–water partition coefficient (Wildman–Crippen LogP) is 1.64. The lowest BCUT2D eigenvalue weighted by atomic mass is 10.0. The van der Waals surface area contributed by atoms with Gasteiger partial charge in [-0.05, 0) is 18.2 Å². The van der Waals surface area contributed by atoms with Crippen LogP contribution in [0.5, 0.6) is 0 Å². The molecule has 17 heavy (non-hydrogen) atoms. The maximum Gasteiger partial charge on any atom is 0.333 e. The second kappa shape index (κ2) is 5.49. The lowest BCUT2D eigenvalue weighted by molar-refractivity contribution is -0.148. The zero-order chi connectivity index (χ0) is 13.0. The van der Waals surface area contributed by atoms with Crippen LogP contribution in [0.25, 0.3) is 0 Å². The molecule has 0 aliphatic carbocycles. The van der Waals surface area contributed by atoms with Crippen LogP contribution in [0.2, 0.25) is 0 Å². The molecule has 1 aromatic carbocycles. The Hall–Kier alpha value is -1.82. The molecule has 0 bridgehead atoms. The van der Waals surface area contributed by atoms with E-state index in [0.29, 0.717) is 0 Å². The number of carbonyl (C=O) groups excluding carboxylic acids is 1. The Morgan fingerprint density at radius 1 is 1.35 bits per heavy atom. The summed E-state index contributed by atoms with van der Waals surface area (Å²) in [5.41, 5.74) is -0.0906. The average Bonchev–Trinajstić information content (AvgIpc) is 2.28. The number of rotatable bonds is 5. The van der Waals surface area contributed by atoms with Crippen LogP contribution in [0.4, 0.5) is 8.78 Å². The Morgan fingerprint density at radius 2 is 2.00 bits per heavy atom. The summed E-state index contributed by atoms with van der Waals surface area (Å²) in [4.78, 5) is 22.2. The van der Waals surface area contributed by atoms with E-state index in [1.165, 1.54) is 0 Å². The number of Topliss-reactive ketones (excluding diaryl/α,β-unsaturated/α-hetero) is 1. The molecule has 0 spiro atoms. The fourth-order valence-corrected chi connectivity index (χ4v) is 1.23. The highest BCUT2D eigenvalue weighted by Gasteiger charge is 2.21. The Labute approximate surface area is 95.8 Å². The fraction of sp³-hybridized carbons (Fsp3) is 0.273. The van der Waals surface area contributed by atoms with Crippen molar-refractivity contribution in [1.29, 1.82) is 0 Å². The molecule has 0 saturated heterocycles. The topological polar surface area (TPSA) is 63.6 Å². The Kier molecular flexibility index (Phi) is 4.28. The minimum absolute atomic E-state index is 0.0906. The van der Waals surface area contributed by atoms with Crippen LogP contribution in [0.3, 0.4) is 0 Å². The van der Waals surface area contributed by atoms with Crippen molar-refractivity contribution in [2.45, 2.75) is 12.5 Å². The highest BCUT2D eigenvalue weighted by Crippen LogP contribution is 2.12. The van der Waals surface area contributed by atoms with E-state index in [1.807, 2.05) is 0 Å². The summed E-state index contributed by atoms with van der Waals surface area (Å²) in [7, 11) is 1.15. The molecule has 0 saturated carbocycles.